The van der Waals surface area contributed by atoms with Crippen LogP contribution in [-0.4, -0.2) is 48.0 Å². The Balaban J connectivity index is 1.14. The van der Waals surface area contributed by atoms with E-state index in [0.29, 0.717) is 17.5 Å². The number of hydrogen-bond donors (Lipinski definition) is 1. The van der Waals surface area contributed by atoms with Crippen LogP contribution >= 0.6 is 0 Å². The molecule has 0 bridgehead atoms. The van der Waals surface area contributed by atoms with Crippen molar-refractivity contribution in [1.29, 1.82) is 0 Å². The van der Waals surface area contributed by atoms with Crippen molar-refractivity contribution >= 4 is 11.8 Å². The van der Waals surface area contributed by atoms with Crippen LogP contribution < -0.4 is 0 Å². The molecule has 0 spiro atoms. The van der Waals surface area contributed by atoms with Crippen LogP contribution in [0.3, 0.4) is 0 Å². The number of rotatable bonds is 8. The Labute approximate surface area is 200 Å². The molecule has 5 nitrogen and oxygen atoms in total. The van der Waals surface area contributed by atoms with Crippen molar-refractivity contribution in [3.05, 3.63) is 95.6 Å². The van der Waals surface area contributed by atoms with E-state index in [-0.39, 0.29) is 18.3 Å². The van der Waals surface area contributed by atoms with Gasteiger partial charge in [-0.2, -0.15) is 0 Å². The minimum Gasteiger partial charge on any atom is -0.463 e. The average molecular weight is 456 g/mol. The van der Waals surface area contributed by atoms with Crippen molar-refractivity contribution in [2.24, 2.45) is 5.92 Å². The second kappa shape index (κ2) is 9.53. The molecular formula is C29H29NO4. The van der Waals surface area contributed by atoms with Gasteiger partial charge in [0, 0.05) is 35.6 Å². The molecule has 2 aliphatic rings. The van der Waals surface area contributed by atoms with E-state index in [4.69, 9.17) is 4.74 Å². The van der Waals surface area contributed by atoms with Crippen molar-refractivity contribution in [1.82, 2.24) is 4.90 Å². The van der Waals surface area contributed by atoms with Gasteiger partial charge in [0.1, 0.15) is 0 Å². The van der Waals surface area contributed by atoms with Gasteiger partial charge in [-0.3, -0.25) is 4.79 Å². The van der Waals surface area contributed by atoms with E-state index in [1.54, 1.807) is 12.1 Å². The molecule has 0 amide bonds. The predicted octanol–water partition coefficient (Wildman–Crippen LogP) is 4.43. The number of carbonyl (C=O) groups excluding carboxylic acids is 2. The second-order valence-corrected chi connectivity index (χ2v) is 9.25. The van der Waals surface area contributed by atoms with Crippen molar-refractivity contribution in [2.75, 3.05) is 26.2 Å². The van der Waals surface area contributed by atoms with Gasteiger partial charge in [-0.05, 0) is 37.1 Å². The maximum atomic E-state index is 13.2. The number of ether oxygens (including phenoxy) is 1. The fourth-order valence-corrected chi connectivity index (χ4v) is 5.21. The molecule has 3 aromatic rings. The van der Waals surface area contributed by atoms with Gasteiger partial charge in [0.25, 0.3) is 0 Å². The lowest BCUT2D eigenvalue weighted by atomic mass is 9.91. The molecule has 5 heteroatoms. The number of nitrogens with zero attached hydrogens (tertiary/aromatic N) is 1. The van der Waals surface area contributed by atoms with Gasteiger partial charge in [-0.25, -0.2) is 4.79 Å². The highest BCUT2D eigenvalue weighted by molar-refractivity contribution is 5.96. The Morgan fingerprint density at radius 1 is 0.912 bits per heavy atom. The molecule has 174 valence electrons. The summed E-state index contributed by atoms with van der Waals surface area (Å²) in [7, 11) is 0. The van der Waals surface area contributed by atoms with Crippen molar-refractivity contribution < 1.29 is 19.4 Å². The number of Topliss-reactive ketones (excluding diaryl/α,β-unsaturated/α-hetero) is 1. The number of fused-ring (bicyclic) bond motifs is 3. The molecular weight excluding hydrogens is 426 g/mol. The van der Waals surface area contributed by atoms with E-state index in [9.17, 15) is 14.7 Å². The monoisotopic (exact) mass is 455 g/mol. The van der Waals surface area contributed by atoms with Crippen LogP contribution in [0.2, 0.25) is 0 Å². The van der Waals surface area contributed by atoms with Crippen LogP contribution in [0.15, 0.2) is 78.9 Å². The topological polar surface area (TPSA) is 66.8 Å². The first-order valence-electron chi connectivity index (χ1n) is 12.0. The Morgan fingerprint density at radius 2 is 1.53 bits per heavy atom. The van der Waals surface area contributed by atoms with E-state index in [2.05, 4.69) is 4.90 Å². The van der Waals surface area contributed by atoms with Crippen molar-refractivity contribution in [2.45, 2.75) is 24.9 Å². The summed E-state index contributed by atoms with van der Waals surface area (Å²) in [6, 6.07) is 24.3. The summed E-state index contributed by atoms with van der Waals surface area (Å²) in [5, 5.41) is 11.5. The normalized spacial score (nSPS) is 18.3. The number of hydrogen-bond acceptors (Lipinski definition) is 5. The summed E-state index contributed by atoms with van der Waals surface area (Å²) < 4.78 is 5.71. The predicted molar refractivity (Wildman–Crippen MR) is 130 cm³/mol. The zero-order valence-electron chi connectivity index (χ0n) is 19.2. The van der Waals surface area contributed by atoms with Gasteiger partial charge in [0.15, 0.2) is 5.78 Å². The first-order valence-corrected chi connectivity index (χ1v) is 12.0. The average Bonchev–Trinajstić information content (AvgIpc) is 3.44. The quantitative estimate of drug-likeness (QED) is 0.402. The zero-order valence-corrected chi connectivity index (χ0v) is 19.2. The standard InChI is InChI=1S/C29H29NO4/c31-27(22-9-2-1-3-10-22)15-8-17-30-18-16-21(19-30)20-34-28(32)29(33)25-13-6-4-11-23(25)24-12-5-7-14-26(24)29/h1-7,9-14,21,33H,8,15-20H2. The molecule has 3 aromatic carbocycles. The zero-order chi connectivity index (χ0) is 23.5. The van der Waals surface area contributed by atoms with Gasteiger partial charge < -0.3 is 14.7 Å². The van der Waals surface area contributed by atoms with Gasteiger partial charge in [0.05, 0.1) is 6.61 Å². The molecule has 1 aliphatic heterocycles. The molecule has 1 N–H and O–H groups in total. The molecule has 1 atom stereocenters. The highest BCUT2D eigenvalue weighted by Gasteiger charge is 2.49. The maximum Gasteiger partial charge on any atom is 0.347 e. The number of aliphatic hydroxyl groups is 1. The number of likely N-dealkylation sites (tertiary alicyclic amines) is 1. The highest BCUT2D eigenvalue weighted by Crippen LogP contribution is 2.47. The lowest BCUT2D eigenvalue weighted by molar-refractivity contribution is -0.163. The summed E-state index contributed by atoms with van der Waals surface area (Å²) >= 11 is 0. The minimum atomic E-state index is -1.77. The third-order valence-electron chi connectivity index (χ3n) is 7.01. The van der Waals surface area contributed by atoms with Crippen molar-refractivity contribution in [3.8, 4) is 11.1 Å². The lowest BCUT2D eigenvalue weighted by Crippen LogP contribution is -2.37. The molecule has 0 radical (unpaired) electrons. The molecule has 0 saturated carbocycles. The Hall–Kier alpha value is -3.28. The fourth-order valence-electron chi connectivity index (χ4n) is 5.21. The molecule has 34 heavy (non-hydrogen) atoms. The van der Waals surface area contributed by atoms with Crippen LogP contribution in [0.25, 0.3) is 11.1 Å². The summed E-state index contributed by atoms with van der Waals surface area (Å²) in [5.74, 6) is -0.211. The Kier molecular flexibility index (Phi) is 6.31. The first-order chi connectivity index (χ1) is 16.6. The SMILES string of the molecule is O=C(CCCN1CCC(COC(=O)C2(O)c3ccccc3-c3ccccc32)C1)c1ccccc1. The smallest absolute Gasteiger partial charge is 0.347 e. The molecule has 1 heterocycles. The van der Waals surface area contributed by atoms with E-state index < -0.39 is 11.6 Å². The van der Waals surface area contributed by atoms with Crippen molar-refractivity contribution in [3.63, 3.8) is 0 Å². The molecule has 5 rings (SSSR count). The summed E-state index contributed by atoms with van der Waals surface area (Å²) in [4.78, 5) is 27.8. The number of carbonyl (C=O) groups is 2. The fraction of sp³-hybridized carbons (Fsp3) is 0.310. The Morgan fingerprint density at radius 3 is 2.21 bits per heavy atom. The molecule has 1 aliphatic carbocycles. The molecule has 1 fully saturated rings. The summed E-state index contributed by atoms with van der Waals surface area (Å²) in [6.45, 7) is 2.90. The van der Waals surface area contributed by atoms with Gasteiger partial charge in [-0.1, -0.05) is 78.9 Å². The Bertz CT molecular complexity index is 1140. The number of esters is 1. The second-order valence-electron chi connectivity index (χ2n) is 9.25. The number of ketones is 1. The van der Waals surface area contributed by atoms with Gasteiger partial charge in [0.2, 0.25) is 5.60 Å². The summed E-state index contributed by atoms with van der Waals surface area (Å²) in [6.07, 6.45) is 2.28. The van der Waals surface area contributed by atoms with Crippen LogP contribution in [0.5, 0.6) is 0 Å². The first kappa shape index (κ1) is 22.5. The van der Waals surface area contributed by atoms with Gasteiger partial charge in [-0.15, -0.1) is 0 Å². The third kappa shape index (κ3) is 4.17. The van der Waals surface area contributed by atoms with Crippen LogP contribution in [0.4, 0.5) is 0 Å². The summed E-state index contributed by atoms with van der Waals surface area (Å²) in [5.41, 5.74) is 1.89. The van der Waals surface area contributed by atoms with E-state index in [1.807, 2.05) is 66.7 Å². The lowest BCUT2D eigenvalue weighted by Gasteiger charge is -2.24. The van der Waals surface area contributed by atoms with E-state index >= 15 is 0 Å². The minimum absolute atomic E-state index is 0.177. The highest BCUT2D eigenvalue weighted by atomic mass is 16.5. The third-order valence-corrected chi connectivity index (χ3v) is 7.01. The van der Waals surface area contributed by atoms with Crippen LogP contribution in [0.1, 0.15) is 40.7 Å². The van der Waals surface area contributed by atoms with Crippen LogP contribution in [0, 0.1) is 5.92 Å². The van der Waals surface area contributed by atoms with E-state index in [1.165, 1.54) is 0 Å². The molecule has 1 unspecified atom stereocenters. The molecule has 1 saturated heterocycles. The molecule has 0 aromatic heterocycles. The number of benzene rings is 3. The van der Waals surface area contributed by atoms with Crippen LogP contribution in [-0.2, 0) is 15.1 Å². The maximum absolute atomic E-state index is 13.2. The largest absolute Gasteiger partial charge is 0.463 e. The van der Waals surface area contributed by atoms with E-state index in [0.717, 1.165) is 49.2 Å². The van der Waals surface area contributed by atoms with Gasteiger partial charge >= 0.3 is 5.97 Å².